The van der Waals surface area contributed by atoms with Crippen LogP contribution in [0.3, 0.4) is 0 Å². The van der Waals surface area contributed by atoms with E-state index in [1.54, 1.807) is 25.1 Å². The summed E-state index contributed by atoms with van der Waals surface area (Å²) in [5.41, 5.74) is 0.918. The Labute approximate surface area is 151 Å². The molecule has 2 aromatic rings. The quantitative estimate of drug-likeness (QED) is 0.547. The van der Waals surface area contributed by atoms with E-state index in [4.69, 9.17) is 10.2 Å². The van der Waals surface area contributed by atoms with Gasteiger partial charge in [0, 0.05) is 23.1 Å². The fourth-order valence-electron chi connectivity index (χ4n) is 2.17. The van der Waals surface area contributed by atoms with Gasteiger partial charge in [-0.2, -0.15) is 0 Å². The third-order valence-electron chi connectivity index (χ3n) is 3.48. The summed E-state index contributed by atoms with van der Waals surface area (Å²) in [6.45, 7) is 1.76. The molecular formula is C17H17BrF2N2O3. The second-order valence-corrected chi connectivity index (χ2v) is 6.31. The summed E-state index contributed by atoms with van der Waals surface area (Å²) in [5, 5.41) is 22.8. The Morgan fingerprint density at radius 2 is 1.96 bits per heavy atom. The van der Waals surface area contributed by atoms with Crippen LogP contribution >= 0.6 is 15.9 Å². The molecule has 0 aliphatic rings. The molecule has 25 heavy (non-hydrogen) atoms. The molecule has 134 valence electrons. The summed E-state index contributed by atoms with van der Waals surface area (Å²) >= 11 is 3.32. The average molecular weight is 415 g/mol. The molecule has 2 rings (SSSR count). The Morgan fingerprint density at radius 3 is 2.60 bits per heavy atom. The molecule has 0 spiro atoms. The smallest absolute Gasteiger partial charge is 0.253 e. The maximum atomic E-state index is 14.3. The number of carbonyl (C=O) groups is 1. The number of aryl methyl sites for hydroxylation is 1. The Bertz CT molecular complexity index is 785. The number of aliphatic hydroxyl groups excluding tert-OH is 1. The zero-order chi connectivity index (χ0) is 18.6. The molecule has 1 amide bonds. The number of hydrogen-bond acceptors (Lipinski definition) is 4. The van der Waals surface area contributed by atoms with Gasteiger partial charge in [-0.15, -0.1) is 0 Å². The normalized spacial score (nSPS) is 10.8. The predicted molar refractivity (Wildman–Crippen MR) is 93.7 cm³/mol. The zero-order valence-corrected chi connectivity index (χ0v) is 14.9. The van der Waals surface area contributed by atoms with Crippen LogP contribution in [0.15, 0.2) is 34.8 Å². The van der Waals surface area contributed by atoms with Gasteiger partial charge in [-0.3, -0.25) is 4.79 Å². The van der Waals surface area contributed by atoms with Crippen LogP contribution in [-0.2, 0) is 0 Å². The molecule has 2 aromatic carbocycles. The number of carbonyl (C=O) groups excluding carboxylic acids is 1. The molecule has 0 aliphatic heterocycles. The molecule has 0 bridgehead atoms. The van der Waals surface area contributed by atoms with Gasteiger partial charge >= 0.3 is 0 Å². The van der Waals surface area contributed by atoms with Crippen LogP contribution in [-0.4, -0.2) is 29.0 Å². The van der Waals surface area contributed by atoms with Gasteiger partial charge in [0.05, 0.1) is 11.3 Å². The first-order valence-corrected chi connectivity index (χ1v) is 8.24. The van der Waals surface area contributed by atoms with Crippen molar-refractivity contribution in [2.24, 2.45) is 0 Å². The summed E-state index contributed by atoms with van der Waals surface area (Å²) in [7, 11) is 0. The largest absolute Gasteiger partial charge is 0.368 e. The summed E-state index contributed by atoms with van der Waals surface area (Å²) < 4.78 is 28.7. The molecule has 0 fully saturated rings. The van der Waals surface area contributed by atoms with Crippen LogP contribution in [0.5, 0.6) is 0 Å². The highest BCUT2D eigenvalue weighted by Gasteiger charge is 2.19. The third-order valence-corrected chi connectivity index (χ3v) is 3.97. The summed E-state index contributed by atoms with van der Waals surface area (Å²) in [6.07, 6.45) is -1.64. The minimum Gasteiger partial charge on any atom is -0.368 e. The van der Waals surface area contributed by atoms with E-state index in [9.17, 15) is 13.6 Å². The molecule has 0 atom stereocenters. The van der Waals surface area contributed by atoms with Crippen molar-refractivity contribution >= 4 is 33.2 Å². The van der Waals surface area contributed by atoms with Crippen LogP contribution in [0.25, 0.3) is 0 Å². The van der Waals surface area contributed by atoms with Crippen LogP contribution in [0.2, 0.25) is 0 Å². The van der Waals surface area contributed by atoms with E-state index in [2.05, 4.69) is 26.6 Å². The number of aliphatic hydroxyl groups is 2. The van der Waals surface area contributed by atoms with Crippen LogP contribution in [0.1, 0.15) is 22.3 Å². The highest BCUT2D eigenvalue weighted by Crippen LogP contribution is 2.29. The number of amides is 1. The van der Waals surface area contributed by atoms with Gasteiger partial charge in [0.2, 0.25) is 0 Å². The minimum atomic E-state index is -1.56. The Kier molecular flexibility index (Phi) is 6.46. The van der Waals surface area contributed by atoms with Crippen molar-refractivity contribution in [3.63, 3.8) is 0 Å². The lowest BCUT2D eigenvalue weighted by Crippen LogP contribution is -2.28. The SMILES string of the molecule is Cc1cc(Br)ccc1Nc1c(C(=O)NCCC(O)O)ccc(F)c1F. The standard InChI is InChI=1S/C17H17BrF2N2O3/c1-9-8-10(18)2-5-13(9)22-16-11(3-4-12(19)15(16)20)17(25)21-7-6-14(23)24/h2-5,8,14,22-24H,6-7H2,1H3,(H,21,25). The predicted octanol–water partition coefficient (Wildman–Crippen LogP) is 3.21. The Morgan fingerprint density at radius 1 is 1.24 bits per heavy atom. The fourth-order valence-corrected chi connectivity index (χ4v) is 2.65. The average Bonchev–Trinajstić information content (AvgIpc) is 2.53. The van der Waals surface area contributed by atoms with Gasteiger partial charge in [-0.25, -0.2) is 8.78 Å². The van der Waals surface area contributed by atoms with Crippen molar-refractivity contribution in [3.05, 3.63) is 57.6 Å². The molecule has 0 aliphatic carbocycles. The molecule has 0 unspecified atom stereocenters. The lowest BCUT2D eigenvalue weighted by molar-refractivity contribution is -0.0440. The van der Waals surface area contributed by atoms with Gasteiger partial charge in [-0.05, 0) is 42.8 Å². The maximum absolute atomic E-state index is 14.3. The second kappa shape index (κ2) is 8.37. The van der Waals surface area contributed by atoms with Crippen LogP contribution < -0.4 is 10.6 Å². The van der Waals surface area contributed by atoms with Crippen molar-refractivity contribution in [2.45, 2.75) is 19.6 Å². The van der Waals surface area contributed by atoms with Gasteiger partial charge in [-0.1, -0.05) is 15.9 Å². The van der Waals surface area contributed by atoms with Crippen molar-refractivity contribution < 1.29 is 23.8 Å². The molecule has 0 radical (unpaired) electrons. The zero-order valence-electron chi connectivity index (χ0n) is 13.3. The van der Waals surface area contributed by atoms with E-state index in [-0.39, 0.29) is 24.2 Å². The van der Waals surface area contributed by atoms with Gasteiger partial charge in [0.1, 0.15) is 0 Å². The lowest BCUT2D eigenvalue weighted by Gasteiger charge is -2.15. The third kappa shape index (κ3) is 4.97. The van der Waals surface area contributed by atoms with Crippen LogP contribution in [0.4, 0.5) is 20.2 Å². The topological polar surface area (TPSA) is 81.6 Å². The number of anilines is 2. The van der Waals surface area contributed by atoms with Crippen LogP contribution in [0, 0.1) is 18.6 Å². The summed E-state index contributed by atoms with van der Waals surface area (Å²) in [6, 6.07) is 7.23. The van der Waals surface area contributed by atoms with Crippen molar-refractivity contribution in [3.8, 4) is 0 Å². The molecule has 4 N–H and O–H groups in total. The van der Waals surface area contributed by atoms with E-state index in [1.165, 1.54) is 6.07 Å². The molecule has 0 saturated carbocycles. The molecule has 5 nitrogen and oxygen atoms in total. The molecule has 0 heterocycles. The van der Waals surface area contributed by atoms with Crippen molar-refractivity contribution in [2.75, 3.05) is 11.9 Å². The van der Waals surface area contributed by atoms with E-state index in [0.717, 1.165) is 16.1 Å². The van der Waals surface area contributed by atoms with Crippen molar-refractivity contribution in [1.29, 1.82) is 0 Å². The van der Waals surface area contributed by atoms with E-state index >= 15 is 0 Å². The number of benzene rings is 2. The first kappa shape index (κ1) is 19.3. The van der Waals surface area contributed by atoms with Gasteiger partial charge in [0.25, 0.3) is 5.91 Å². The molecule has 0 aromatic heterocycles. The monoisotopic (exact) mass is 414 g/mol. The number of rotatable bonds is 6. The second-order valence-electron chi connectivity index (χ2n) is 5.39. The Balaban J connectivity index is 2.32. The first-order valence-electron chi connectivity index (χ1n) is 7.45. The summed E-state index contributed by atoms with van der Waals surface area (Å²) in [4.78, 5) is 12.2. The molecule has 0 saturated heterocycles. The summed E-state index contributed by atoms with van der Waals surface area (Å²) in [5.74, 6) is -2.91. The highest BCUT2D eigenvalue weighted by atomic mass is 79.9. The van der Waals surface area contributed by atoms with E-state index < -0.39 is 23.8 Å². The molecule has 8 heteroatoms. The van der Waals surface area contributed by atoms with Gasteiger partial charge < -0.3 is 20.8 Å². The number of hydrogen-bond donors (Lipinski definition) is 4. The first-order chi connectivity index (χ1) is 11.8. The Hall–Kier alpha value is -2.03. The minimum absolute atomic E-state index is 0.0216. The van der Waals surface area contributed by atoms with Gasteiger partial charge in [0.15, 0.2) is 17.9 Å². The number of halogens is 3. The maximum Gasteiger partial charge on any atom is 0.253 e. The molecular weight excluding hydrogens is 398 g/mol. The number of nitrogens with one attached hydrogen (secondary N) is 2. The fraction of sp³-hybridized carbons (Fsp3) is 0.235. The van der Waals surface area contributed by atoms with E-state index in [1.807, 2.05) is 0 Å². The van der Waals surface area contributed by atoms with E-state index in [0.29, 0.717) is 5.69 Å². The highest BCUT2D eigenvalue weighted by molar-refractivity contribution is 9.10. The lowest BCUT2D eigenvalue weighted by atomic mass is 10.1. The van der Waals surface area contributed by atoms with Crippen molar-refractivity contribution in [1.82, 2.24) is 5.32 Å².